The second-order valence-corrected chi connectivity index (χ2v) is 7.26. The molecule has 1 atom stereocenters. The van der Waals surface area contributed by atoms with Crippen molar-refractivity contribution >= 4 is 23.1 Å². The van der Waals surface area contributed by atoms with Crippen LogP contribution in [0.5, 0.6) is 0 Å². The molecule has 1 fully saturated rings. The van der Waals surface area contributed by atoms with Gasteiger partial charge in [0.2, 0.25) is 0 Å². The molecule has 0 spiro atoms. The molecular weight excluding hydrogens is 312 g/mol. The van der Waals surface area contributed by atoms with Crippen molar-refractivity contribution in [3.05, 3.63) is 34.3 Å². The van der Waals surface area contributed by atoms with Crippen molar-refractivity contribution in [2.24, 2.45) is 0 Å². The Labute approximate surface area is 140 Å². The normalized spacial score (nSPS) is 17.4. The van der Waals surface area contributed by atoms with E-state index in [9.17, 15) is 4.79 Å². The number of nitrogens with zero attached hydrogens (tertiary/aromatic N) is 3. The van der Waals surface area contributed by atoms with Gasteiger partial charge in [0.25, 0.3) is 0 Å². The van der Waals surface area contributed by atoms with Gasteiger partial charge >= 0.3 is 6.03 Å². The summed E-state index contributed by atoms with van der Waals surface area (Å²) in [5, 5.41) is 7.17. The summed E-state index contributed by atoms with van der Waals surface area (Å²) in [6.45, 7) is 4.24. The molecule has 23 heavy (non-hydrogen) atoms. The number of urea groups is 1. The fourth-order valence-electron chi connectivity index (χ4n) is 2.62. The van der Waals surface area contributed by atoms with E-state index in [2.05, 4.69) is 29.5 Å². The Balaban J connectivity index is 1.51. The first-order chi connectivity index (χ1) is 11.1. The van der Waals surface area contributed by atoms with Crippen molar-refractivity contribution in [2.75, 3.05) is 19.0 Å². The molecule has 2 amide bonds. The van der Waals surface area contributed by atoms with E-state index in [1.165, 1.54) is 9.75 Å². The molecular formula is C16H22N4O2S. The summed E-state index contributed by atoms with van der Waals surface area (Å²) in [6, 6.07) is 4.00. The van der Waals surface area contributed by atoms with Crippen molar-refractivity contribution in [3.63, 3.8) is 0 Å². The molecule has 0 radical (unpaired) electrons. The number of amides is 2. The fraction of sp³-hybridized carbons (Fsp3) is 0.500. The first-order valence-electron chi connectivity index (χ1n) is 7.81. The number of carbonyl (C=O) groups excluding carboxylic acids is 1. The van der Waals surface area contributed by atoms with Gasteiger partial charge in [-0.15, -0.1) is 11.3 Å². The third-order valence-corrected chi connectivity index (χ3v) is 4.82. The van der Waals surface area contributed by atoms with Gasteiger partial charge < -0.3 is 15.0 Å². The third-order valence-electron chi connectivity index (χ3n) is 3.83. The Bertz CT molecular complexity index is 661. The fourth-order valence-corrected chi connectivity index (χ4v) is 3.56. The van der Waals surface area contributed by atoms with E-state index in [4.69, 9.17) is 4.74 Å². The summed E-state index contributed by atoms with van der Waals surface area (Å²) in [4.78, 5) is 16.3. The maximum absolute atomic E-state index is 12.2. The van der Waals surface area contributed by atoms with Crippen LogP contribution in [0, 0.1) is 6.92 Å². The Morgan fingerprint density at radius 1 is 1.57 bits per heavy atom. The zero-order chi connectivity index (χ0) is 16.2. The Morgan fingerprint density at radius 2 is 2.43 bits per heavy atom. The van der Waals surface area contributed by atoms with Crippen molar-refractivity contribution in [1.82, 2.24) is 14.7 Å². The zero-order valence-electron chi connectivity index (χ0n) is 13.5. The van der Waals surface area contributed by atoms with E-state index in [1.54, 1.807) is 29.5 Å². The summed E-state index contributed by atoms with van der Waals surface area (Å²) in [5.74, 6) is 0. The molecule has 0 aliphatic carbocycles. The number of anilines is 1. The number of aromatic nitrogens is 2. The predicted molar refractivity (Wildman–Crippen MR) is 90.7 cm³/mol. The number of carbonyl (C=O) groups is 1. The summed E-state index contributed by atoms with van der Waals surface area (Å²) < 4.78 is 7.43. The van der Waals surface area contributed by atoms with Gasteiger partial charge in [0.1, 0.15) is 0 Å². The largest absolute Gasteiger partial charge is 0.376 e. The Kier molecular flexibility index (Phi) is 4.97. The van der Waals surface area contributed by atoms with E-state index in [-0.39, 0.29) is 12.1 Å². The Hall–Kier alpha value is -1.86. The second kappa shape index (κ2) is 7.14. The van der Waals surface area contributed by atoms with E-state index >= 15 is 0 Å². The topological polar surface area (TPSA) is 59.4 Å². The average Bonchev–Trinajstić information content (AvgIpc) is 3.24. The molecule has 1 aliphatic rings. The van der Waals surface area contributed by atoms with Gasteiger partial charge in [-0.1, -0.05) is 0 Å². The smallest absolute Gasteiger partial charge is 0.322 e. The molecule has 2 aromatic rings. The van der Waals surface area contributed by atoms with Crippen molar-refractivity contribution in [2.45, 2.75) is 39.0 Å². The SMILES string of the molecule is Cc1ccc(CN(C)C(=O)Nc2cnn(CC3CCCO3)c2)s1. The van der Waals surface area contributed by atoms with Crippen LogP contribution in [0.2, 0.25) is 0 Å². The number of hydrogen-bond donors (Lipinski definition) is 1. The lowest BCUT2D eigenvalue weighted by atomic mass is 10.2. The van der Waals surface area contributed by atoms with Crippen molar-refractivity contribution in [3.8, 4) is 0 Å². The minimum atomic E-state index is -0.132. The van der Waals surface area contributed by atoms with E-state index in [0.29, 0.717) is 12.2 Å². The quantitative estimate of drug-likeness (QED) is 0.914. The molecule has 1 saturated heterocycles. The van der Waals surface area contributed by atoms with Gasteiger partial charge in [-0.2, -0.15) is 5.10 Å². The molecule has 2 aromatic heterocycles. The molecule has 3 heterocycles. The van der Waals surface area contributed by atoms with Gasteiger partial charge in [0.15, 0.2) is 0 Å². The summed E-state index contributed by atoms with van der Waals surface area (Å²) in [5.41, 5.74) is 0.710. The average molecular weight is 334 g/mol. The second-order valence-electron chi connectivity index (χ2n) is 5.88. The lowest BCUT2D eigenvalue weighted by Gasteiger charge is -2.16. The highest BCUT2D eigenvalue weighted by Gasteiger charge is 2.17. The van der Waals surface area contributed by atoms with Crippen molar-refractivity contribution < 1.29 is 9.53 Å². The number of aryl methyl sites for hydroxylation is 1. The van der Waals surface area contributed by atoms with Gasteiger partial charge in [0, 0.05) is 29.6 Å². The standard InChI is InChI=1S/C16H22N4O2S/c1-12-5-6-15(23-12)11-19(2)16(21)18-13-8-17-20(9-13)10-14-4-3-7-22-14/h5-6,8-9,14H,3-4,7,10-11H2,1-2H3,(H,18,21). The van der Waals surface area contributed by atoms with Gasteiger partial charge in [-0.05, 0) is 31.9 Å². The van der Waals surface area contributed by atoms with Crippen LogP contribution in [0.15, 0.2) is 24.5 Å². The summed E-state index contributed by atoms with van der Waals surface area (Å²) in [7, 11) is 1.79. The van der Waals surface area contributed by atoms with Crippen LogP contribution in [0.3, 0.4) is 0 Å². The van der Waals surface area contributed by atoms with Crippen LogP contribution in [-0.4, -0.2) is 40.5 Å². The number of thiophene rings is 1. The van der Waals surface area contributed by atoms with E-state index in [1.807, 2.05) is 10.9 Å². The van der Waals surface area contributed by atoms with Crippen molar-refractivity contribution in [1.29, 1.82) is 0 Å². The molecule has 0 bridgehead atoms. The maximum Gasteiger partial charge on any atom is 0.322 e. The highest BCUT2D eigenvalue weighted by atomic mass is 32.1. The van der Waals surface area contributed by atoms with Crippen LogP contribution in [-0.2, 0) is 17.8 Å². The highest BCUT2D eigenvalue weighted by molar-refractivity contribution is 7.11. The third kappa shape index (κ3) is 4.33. The number of ether oxygens (including phenoxy) is 1. The maximum atomic E-state index is 12.2. The minimum absolute atomic E-state index is 0.132. The molecule has 124 valence electrons. The Morgan fingerprint density at radius 3 is 3.13 bits per heavy atom. The lowest BCUT2D eigenvalue weighted by Crippen LogP contribution is -2.30. The predicted octanol–water partition coefficient (Wildman–Crippen LogP) is 3.10. The van der Waals surface area contributed by atoms with Crippen LogP contribution in [0.25, 0.3) is 0 Å². The zero-order valence-corrected chi connectivity index (χ0v) is 14.3. The number of hydrogen-bond acceptors (Lipinski definition) is 4. The first kappa shape index (κ1) is 16.0. The summed E-state index contributed by atoms with van der Waals surface area (Å²) >= 11 is 1.71. The molecule has 7 heteroatoms. The van der Waals surface area contributed by atoms with Gasteiger partial charge in [0.05, 0.1) is 31.1 Å². The van der Waals surface area contributed by atoms with Gasteiger partial charge in [-0.3, -0.25) is 4.68 Å². The lowest BCUT2D eigenvalue weighted by molar-refractivity contribution is 0.0940. The summed E-state index contributed by atoms with van der Waals surface area (Å²) in [6.07, 6.45) is 5.95. The molecule has 1 unspecified atom stereocenters. The van der Waals surface area contributed by atoms with Crippen LogP contribution in [0.1, 0.15) is 22.6 Å². The monoisotopic (exact) mass is 334 g/mol. The molecule has 6 nitrogen and oxygen atoms in total. The van der Waals surface area contributed by atoms with Gasteiger partial charge in [-0.25, -0.2) is 4.79 Å². The van der Waals surface area contributed by atoms with Crippen LogP contribution >= 0.6 is 11.3 Å². The highest BCUT2D eigenvalue weighted by Crippen LogP contribution is 2.18. The van der Waals surface area contributed by atoms with E-state index in [0.717, 1.165) is 26.0 Å². The van der Waals surface area contributed by atoms with E-state index < -0.39 is 0 Å². The van der Waals surface area contributed by atoms with Crippen LogP contribution < -0.4 is 5.32 Å². The molecule has 3 rings (SSSR count). The molecule has 0 aromatic carbocycles. The molecule has 1 N–H and O–H groups in total. The first-order valence-corrected chi connectivity index (χ1v) is 8.63. The molecule has 1 aliphatic heterocycles. The number of nitrogens with one attached hydrogen (secondary N) is 1. The minimum Gasteiger partial charge on any atom is -0.376 e. The number of rotatable bonds is 5. The van der Waals surface area contributed by atoms with Crippen LogP contribution in [0.4, 0.5) is 10.5 Å². The molecule has 0 saturated carbocycles.